The van der Waals surface area contributed by atoms with Crippen LogP contribution in [0.1, 0.15) is 22.9 Å². The van der Waals surface area contributed by atoms with Crippen molar-refractivity contribution in [2.75, 3.05) is 0 Å². The number of carboxylic acid groups (broad SMARTS) is 1. The smallest absolute Gasteiger partial charge is 0.321 e. The van der Waals surface area contributed by atoms with Crippen LogP contribution in [0.15, 0.2) is 53.0 Å². The number of carbonyl (C=O) groups is 1. The molecule has 1 aromatic heterocycles. The highest BCUT2D eigenvalue weighted by Gasteiger charge is 2.34. The molecule has 1 aliphatic rings. The van der Waals surface area contributed by atoms with E-state index >= 15 is 0 Å². The van der Waals surface area contributed by atoms with Crippen LogP contribution >= 0.6 is 15.9 Å². The summed E-state index contributed by atoms with van der Waals surface area (Å²) < 4.78 is 0.966. The van der Waals surface area contributed by atoms with Gasteiger partial charge in [0, 0.05) is 27.5 Å². The van der Waals surface area contributed by atoms with Crippen molar-refractivity contribution in [2.45, 2.75) is 18.5 Å². The summed E-state index contributed by atoms with van der Waals surface area (Å²) in [5, 5.41) is 13.9. The van der Waals surface area contributed by atoms with E-state index in [-0.39, 0.29) is 6.04 Å². The maximum atomic E-state index is 11.6. The molecule has 4 rings (SSSR count). The number of aromatic amines is 1. The fourth-order valence-corrected chi connectivity index (χ4v) is 3.86. The number of hydrogen-bond acceptors (Lipinski definition) is 2. The molecule has 0 bridgehead atoms. The van der Waals surface area contributed by atoms with Gasteiger partial charge in [0.1, 0.15) is 6.04 Å². The zero-order chi connectivity index (χ0) is 16.0. The zero-order valence-electron chi connectivity index (χ0n) is 12.2. The van der Waals surface area contributed by atoms with Crippen molar-refractivity contribution < 1.29 is 9.90 Å². The molecule has 0 saturated heterocycles. The van der Waals surface area contributed by atoms with Crippen molar-refractivity contribution in [3.05, 3.63) is 69.8 Å². The first-order valence-corrected chi connectivity index (χ1v) is 8.27. The topological polar surface area (TPSA) is 65.1 Å². The Hall–Kier alpha value is -2.11. The lowest BCUT2D eigenvalue weighted by Crippen LogP contribution is -2.45. The van der Waals surface area contributed by atoms with E-state index in [2.05, 4.69) is 26.2 Å². The molecule has 0 saturated carbocycles. The molecule has 0 spiro atoms. The van der Waals surface area contributed by atoms with Gasteiger partial charge in [-0.25, -0.2) is 0 Å². The van der Waals surface area contributed by atoms with Crippen molar-refractivity contribution in [2.24, 2.45) is 0 Å². The number of halogens is 1. The highest BCUT2D eigenvalue weighted by Crippen LogP contribution is 2.37. The van der Waals surface area contributed by atoms with Crippen molar-refractivity contribution in [1.82, 2.24) is 10.3 Å². The van der Waals surface area contributed by atoms with E-state index < -0.39 is 12.0 Å². The van der Waals surface area contributed by atoms with Crippen LogP contribution in [0.4, 0.5) is 0 Å². The Morgan fingerprint density at radius 3 is 2.65 bits per heavy atom. The van der Waals surface area contributed by atoms with Gasteiger partial charge in [0.2, 0.25) is 0 Å². The molecular weight excluding hydrogens is 356 g/mol. The summed E-state index contributed by atoms with van der Waals surface area (Å²) in [5.41, 5.74) is 4.22. The highest BCUT2D eigenvalue weighted by molar-refractivity contribution is 9.10. The molecule has 116 valence electrons. The summed E-state index contributed by atoms with van der Waals surface area (Å²) in [4.78, 5) is 15.1. The molecule has 2 aromatic carbocycles. The Bertz CT molecular complexity index is 903. The van der Waals surface area contributed by atoms with E-state index in [4.69, 9.17) is 0 Å². The van der Waals surface area contributed by atoms with E-state index in [0.29, 0.717) is 6.42 Å². The molecule has 0 radical (unpaired) electrons. The predicted octanol–water partition coefficient (Wildman–Crippen LogP) is 3.62. The SMILES string of the molecule is O=C(O)[C@H]1Cc2c([nH]c3ccccc23)[C@H](c2ccccc2Br)N1. The first kappa shape index (κ1) is 14.5. The number of para-hydroxylation sites is 1. The molecule has 3 aromatic rings. The van der Waals surface area contributed by atoms with Crippen molar-refractivity contribution >= 4 is 32.8 Å². The summed E-state index contributed by atoms with van der Waals surface area (Å²) in [6.07, 6.45) is 0.482. The van der Waals surface area contributed by atoms with E-state index in [0.717, 1.165) is 32.2 Å². The number of fused-ring (bicyclic) bond motifs is 3. The number of carboxylic acids is 1. The maximum absolute atomic E-state index is 11.6. The molecule has 1 aliphatic heterocycles. The van der Waals surface area contributed by atoms with Gasteiger partial charge in [-0.2, -0.15) is 0 Å². The van der Waals surface area contributed by atoms with Crippen LogP contribution in [0, 0.1) is 0 Å². The summed E-state index contributed by atoms with van der Waals surface area (Å²) in [7, 11) is 0. The highest BCUT2D eigenvalue weighted by atomic mass is 79.9. The Balaban J connectivity index is 1.93. The lowest BCUT2D eigenvalue weighted by atomic mass is 9.90. The van der Waals surface area contributed by atoms with Gasteiger partial charge >= 0.3 is 5.97 Å². The van der Waals surface area contributed by atoms with E-state index in [9.17, 15) is 9.90 Å². The second kappa shape index (κ2) is 5.51. The Labute approximate surface area is 141 Å². The molecule has 0 aliphatic carbocycles. The van der Waals surface area contributed by atoms with Gasteiger partial charge in [0.15, 0.2) is 0 Å². The van der Waals surface area contributed by atoms with Crippen LogP contribution < -0.4 is 5.32 Å². The quantitative estimate of drug-likeness (QED) is 0.645. The molecule has 2 atom stereocenters. The largest absolute Gasteiger partial charge is 0.480 e. The minimum atomic E-state index is -0.821. The number of H-pyrrole nitrogens is 1. The van der Waals surface area contributed by atoms with Crippen LogP contribution in [-0.2, 0) is 11.2 Å². The number of rotatable bonds is 2. The third-order valence-corrected chi connectivity index (χ3v) is 5.15. The average Bonchev–Trinajstić information content (AvgIpc) is 2.93. The lowest BCUT2D eigenvalue weighted by molar-refractivity contribution is -0.139. The molecule has 0 unspecified atom stereocenters. The van der Waals surface area contributed by atoms with E-state index in [1.54, 1.807) is 0 Å². The molecule has 0 amide bonds. The molecular formula is C18H15BrN2O2. The van der Waals surface area contributed by atoms with Crippen LogP contribution in [0.25, 0.3) is 10.9 Å². The van der Waals surface area contributed by atoms with Gasteiger partial charge in [0.25, 0.3) is 0 Å². The molecule has 3 N–H and O–H groups in total. The first-order chi connectivity index (χ1) is 11.1. The van der Waals surface area contributed by atoms with Crippen molar-refractivity contribution in [1.29, 1.82) is 0 Å². The molecule has 23 heavy (non-hydrogen) atoms. The Morgan fingerprint density at radius 1 is 1.13 bits per heavy atom. The van der Waals surface area contributed by atoms with Gasteiger partial charge < -0.3 is 10.1 Å². The second-order valence-corrected chi connectivity index (χ2v) is 6.63. The standard InChI is InChI=1S/C18H15BrN2O2/c19-13-7-3-1-6-11(13)16-17-12(9-15(21-16)18(22)23)10-5-2-4-8-14(10)20-17/h1-8,15-16,20-21H,9H2,(H,22,23)/t15-,16+/m1/s1. The van der Waals surface area contributed by atoms with E-state index in [1.165, 1.54) is 0 Å². The minimum Gasteiger partial charge on any atom is -0.480 e. The Morgan fingerprint density at radius 2 is 1.87 bits per heavy atom. The molecule has 2 heterocycles. The molecule has 5 heteroatoms. The van der Waals surface area contributed by atoms with Crippen LogP contribution in [0.3, 0.4) is 0 Å². The van der Waals surface area contributed by atoms with Crippen LogP contribution in [0.5, 0.6) is 0 Å². The van der Waals surface area contributed by atoms with Gasteiger partial charge in [-0.1, -0.05) is 52.3 Å². The monoisotopic (exact) mass is 370 g/mol. The molecule has 0 fully saturated rings. The Kier molecular flexibility index (Phi) is 3.47. The third-order valence-electron chi connectivity index (χ3n) is 4.43. The summed E-state index contributed by atoms with van der Waals surface area (Å²) >= 11 is 3.58. The molecule has 4 nitrogen and oxygen atoms in total. The van der Waals surface area contributed by atoms with Gasteiger partial charge in [-0.15, -0.1) is 0 Å². The summed E-state index contributed by atoms with van der Waals surface area (Å²) in [5.74, 6) is -0.821. The predicted molar refractivity (Wildman–Crippen MR) is 92.5 cm³/mol. The summed E-state index contributed by atoms with van der Waals surface area (Å²) in [6.45, 7) is 0. The number of nitrogens with one attached hydrogen (secondary N) is 2. The number of hydrogen-bond donors (Lipinski definition) is 3. The van der Waals surface area contributed by atoms with Crippen LogP contribution in [0.2, 0.25) is 0 Å². The number of aliphatic carboxylic acids is 1. The lowest BCUT2D eigenvalue weighted by Gasteiger charge is -2.30. The van der Waals surface area contributed by atoms with Gasteiger partial charge in [-0.3, -0.25) is 10.1 Å². The summed E-state index contributed by atoms with van der Waals surface area (Å²) in [6, 6.07) is 15.2. The average molecular weight is 371 g/mol. The third kappa shape index (κ3) is 2.36. The maximum Gasteiger partial charge on any atom is 0.321 e. The fourth-order valence-electron chi connectivity index (χ4n) is 3.35. The fraction of sp³-hybridized carbons (Fsp3) is 0.167. The first-order valence-electron chi connectivity index (χ1n) is 7.48. The minimum absolute atomic E-state index is 0.178. The van der Waals surface area contributed by atoms with Gasteiger partial charge in [0.05, 0.1) is 6.04 Å². The van der Waals surface area contributed by atoms with Crippen molar-refractivity contribution in [3.63, 3.8) is 0 Å². The second-order valence-electron chi connectivity index (χ2n) is 5.78. The van der Waals surface area contributed by atoms with E-state index in [1.807, 2.05) is 48.5 Å². The zero-order valence-corrected chi connectivity index (χ0v) is 13.8. The normalized spacial score (nSPS) is 20.4. The number of aromatic nitrogens is 1. The van der Waals surface area contributed by atoms with Gasteiger partial charge in [-0.05, 0) is 23.3 Å². The van der Waals surface area contributed by atoms with Crippen molar-refractivity contribution in [3.8, 4) is 0 Å². The van der Waals surface area contributed by atoms with Crippen LogP contribution in [-0.4, -0.2) is 22.1 Å². The number of benzene rings is 2.